The van der Waals surface area contributed by atoms with Crippen LogP contribution in [0.15, 0.2) is 12.1 Å². The Bertz CT molecular complexity index is 592. The second-order valence-corrected chi connectivity index (χ2v) is 6.63. The molecule has 1 aliphatic heterocycles. The number of anilines is 1. The van der Waals surface area contributed by atoms with Gasteiger partial charge in [0.25, 0.3) is 0 Å². The van der Waals surface area contributed by atoms with Crippen LogP contribution >= 0.6 is 0 Å². The molecule has 0 saturated carbocycles. The zero-order valence-corrected chi connectivity index (χ0v) is 14.8. The van der Waals surface area contributed by atoms with Crippen LogP contribution in [0.3, 0.4) is 0 Å². The highest BCUT2D eigenvalue weighted by Gasteiger charge is 2.34. The van der Waals surface area contributed by atoms with E-state index >= 15 is 4.39 Å². The number of hydrogen-bond acceptors (Lipinski definition) is 4. The largest absolute Gasteiger partial charge is 0.490 e. The first kappa shape index (κ1) is 18.5. The van der Waals surface area contributed by atoms with Crippen molar-refractivity contribution in [1.29, 1.82) is 0 Å². The van der Waals surface area contributed by atoms with Crippen LogP contribution in [0.5, 0.6) is 5.75 Å². The van der Waals surface area contributed by atoms with Crippen molar-refractivity contribution < 1.29 is 19.0 Å². The summed E-state index contributed by atoms with van der Waals surface area (Å²) in [6.45, 7) is 6.06. The summed E-state index contributed by atoms with van der Waals surface area (Å²) in [6, 6.07) is 2.50. The Morgan fingerprint density at radius 2 is 2.17 bits per heavy atom. The lowest BCUT2D eigenvalue weighted by Crippen LogP contribution is -2.54. The highest BCUT2D eigenvalue weighted by Crippen LogP contribution is 2.35. The fourth-order valence-electron chi connectivity index (χ4n) is 3.23. The molecule has 1 aromatic rings. The molecule has 0 bridgehead atoms. The fourth-order valence-corrected chi connectivity index (χ4v) is 3.23. The van der Waals surface area contributed by atoms with Crippen LogP contribution in [0.2, 0.25) is 0 Å². The standard InChI is InChI=1S/C18H27FN2O3/c1-5-8-24-14-7-6-12-9-13(10-22)20-18(23)16(11(2)3)21(4)17(12)15(14)19/h6-7,11,13,16,22H,5,8-10H2,1-4H3,(H,20,23)/t13-,16-/m1/s1. The summed E-state index contributed by atoms with van der Waals surface area (Å²) in [5, 5.41) is 12.4. The molecule has 0 fully saturated rings. The Labute approximate surface area is 142 Å². The van der Waals surface area contributed by atoms with Gasteiger partial charge in [-0.3, -0.25) is 4.79 Å². The van der Waals surface area contributed by atoms with E-state index in [0.717, 1.165) is 12.0 Å². The number of fused-ring (bicyclic) bond motifs is 1. The number of aliphatic hydroxyl groups is 1. The average molecular weight is 338 g/mol. The van der Waals surface area contributed by atoms with E-state index in [1.54, 1.807) is 18.0 Å². The predicted molar refractivity (Wildman–Crippen MR) is 91.9 cm³/mol. The quantitative estimate of drug-likeness (QED) is 0.863. The lowest BCUT2D eigenvalue weighted by atomic mass is 9.95. The predicted octanol–water partition coefficient (Wildman–Crippen LogP) is 2.11. The molecular formula is C18H27FN2O3. The number of rotatable bonds is 5. The van der Waals surface area contributed by atoms with Crippen LogP contribution in [0.25, 0.3) is 0 Å². The lowest BCUT2D eigenvalue weighted by molar-refractivity contribution is -0.124. The monoisotopic (exact) mass is 338 g/mol. The summed E-state index contributed by atoms with van der Waals surface area (Å²) >= 11 is 0. The molecule has 2 atom stereocenters. The number of carbonyl (C=O) groups excluding carboxylic acids is 1. The van der Waals surface area contributed by atoms with E-state index in [9.17, 15) is 9.90 Å². The molecule has 0 saturated heterocycles. The van der Waals surface area contributed by atoms with E-state index in [0.29, 0.717) is 18.7 Å². The van der Waals surface area contributed by atoms with Crippen molar-refractivity contribution in [3.8, 4) is 5.75 Å². The minimum atomic E-state index is -0.519. The SMILES string of the molecule is CCCOc1ccc2c(c1F)N(C)[C@H](C(C)C)C(=O)N[C@@H](CO)C2. The van der Waals surface area contributed by atoms with Crippen molar-refractivity contribution in [1.82, 2.24) is 5.32 Å². The molecule has 1 aliphatic rings. The first-order valence-electron chi connectivity index (χ1n) is 8.48. The van der Waals surface area contributed by atoms with Crippen LogP contribution in [0.1, 0.15) is 32.8 Å². The molecule has 24 heavy (non-hydrogen) atoms. The number of likely N-dealkylation sites (N-methyl/N-ethyl adjacent to an activating group) is 1. The van der Waals surface area contributed by atoms with Crippen LogP contribution in [0.4, 0.5) is 10.1 Å². The Balaban J connectivity index is 2.53. The van der Waals surface area contributed by atoms with Gasteiger partial charge in [-0.2, -0.15) is 0 Å². The van der Waals surface area contributed by atoms with E-state index in [1.807, 2.05) is 26.8 Å². The van der Waals surface area contributed by atoms with Crippen molar-refractivity contribution in [3.63, 3.8) is 0 Å². The van der Waals surface area contributed by atoms with Gasteiger partial charge in [-0.25, -0.2) is 4.39 Å². The molecule has 1 amide bonds. The fraction of sp³-hybridized carbons (Fsp3) is 0.611. The molecule has 2 N–H and O–H groups in total. The molecule has 0 spiro atoms. The van der Waals surface area contributed by atoms with E-state index in [-0.39, 0.29) is 24.2 Å². The summed E-state index contributed by atoms with van der Waals surface area (Å²) in [7, 11) is 1.73. The Morgan fingerprint density at radius 1 is 1.46 bits per heavy atom. The van der Waals surface area contributed by atoms with Gasteiger partial charge in [0.05, 0.1) is 24.9 Å². The minimum Gasteiger partial charge on any atom is -0.490 e. The molecule has 0 aliphatic carbocycles. The zero-order chi connectivity index (χ0) is 17.9. The Kier molecular flexibility index (Phi) is 6.04. The molecule has 134 valence electrons. The molecular weight excluding hydrogens is 311 g/mol. The number of benzene rings is 1. The first-order chi connectivity index (χ1) is 11.4. The van der Waals surface area contributed by atoms with Gasteiger partial charge in [-0.15, -0.1) is 0 Å². The van der Waals surface area contributed by atoms with Crippen molar-refractivity contribution in [2.24, 2.45) is 5.92 Å². The Morgan fingerprint density at radius 3 is 2.75 bits per heavy atom. The van der Waals surface area contributed by atoms with Gasteiger partial charge < -0.3 is 20.1 Å². The topological polar surface area (TPSA) is 61.8 Å². The van der Waals surface area contributed by atoms with E-state index in [2.05, 4.69) is 5.32 Å². The normalized spacial score (nSPS) is 21.1. The molecule has 0 unspecified atom stereocenters. The van der Waals surface area contributed by atoms with Crippen LogP contribution in [0, 0.1) is 11.7 Å². The summed E-state index contributed by atoms with van der Waals surface area (Å²) in [6.07, 6.45) is 1.16. The van der Waals surface area contributed by atoms with Gasteiger partial charge >= 0.3 is 0 Å². The van der Waals surface area contributed by atoms with E-state index < -0.39 is 17.9 Å². The van der Waals surface area contributed by atoms with Gasteiger partial charge in [0, 0.05) is 7.05 Å². The molecule has 1 heterocycles. The number of ether oxygens (including phenoxy) is 1. The maximum Gasteiger partial charge on any atom is 0.243 e. The van der Waals surface area contributed by atoms with Crippen molar-refractivity contribution >= 4 is 11.6 Å². The molecule has 0 radical (unpaired) electrons. The van der Waals surface area contributed by atoms with Crippen LogP contribution in [-0.4, -0.2) is 43.4 Å². The molecule has 5 nitrogen and oxygen atoms in total. The molecule has 0 aromatic heterocycles. The summed E-state index contributed by atoms with van der Waals surface area (Å²) in [5.74, 6) is -0.455. The zero-order valence-electron chi connectivity index (χ0n) is 14.8. The molecule has 2 rings (SSSR count). The third-order valence-electron chi connectivity index (χ3n) is 4.33. The number of amides is 1. The maximum atomic E-state index is 15.1. The van der Waals surface area contributed by atoms with Crippen LogP contribution < -0.4 is 15.0 Å². The summed E-state index contributed by atoms with van der Waals surface area (Å²) in [5.41, 5.74) is 1.14. The second kappa shape index (κ2) is 7.83. The number of hydrogen-bond donors (Lipinski definition) is 2. The number of nitrogens with zero attached hydrogens (tertiary/aromatic N) is 1. The van der Waals surface area contributed by atoms with Gasteiger partial charge in [0.1, 0.15) is 6.04 Å². The van der Waals surface area contributed by atoms with Crippen LogP contribution in [-0.2, 0) is 11.2 Å². The average Bonchev–Trinajstić information content (AvgIpc) is 2.51. The highest BCUT2D eigenvalue weighted by molar-refractivity contribution is 5.87. The van der Waals surface area contributed by atoms with E-state index in [4.69, 9.17) is 4.74 Å². The van der Waals surface area contributed by atoms with Crippen molar-refractivity contribution in [2.75, 3.05) is 25.2 Å². The first-order valence-corrected chi connectivity index (χ1v) is 8.48. The van der Waals surface area contributed by atoms with Crippen molar-refractivity contribution in [2.45, 2.75) is 45.7 Å². The number of carbonyl (C=O) groups is 1. The van der Waals surface area contributed by atoms with Gasteiger partial charge in [-0.05, 0) is 30.4 Å². The maximum absolute atomic E-state index is 15.1. The summed E-state index contributed by atoms with van der Waals surface area (Å²) < 4.78 is 20.6. The number of nitrogens with one attached hydrogen (secondary N) is 1. The van der Waals surface area contributed by atoms with E-state index in [1.165, 1.54) is 0 Å². The lowest BCUT2D eigenvalue weighted by Gasteiger charge is -2.37. The summed E-state index contributed by atoms with van der Waals surface area (Å²) in [4.78, 5) is 14.2. The Hall–Kier alpha value is -1.82. The molecule has 1 aromatic carbocycles. The highest BCUT2D eigenvalue weighted by atomic mass is 19.1. The second-order valence-electron chi connectivity index (χ2n) is 6.63. The molecule has 6 heteroatoms. The minimum absolute atomic E-state index is 0.0140. The number of aliphatic hydroxyl groups excluding tert-OH is 1. The third-order valence-corrected chi connectivity index (χ3v) is 4.33. The third kappa shape index (κ3) is 3.64. The van der Waals surface area contributed by atoms with Gasteiger partial charge in [0.15, 0.2) is 11.6 Å². The van der Waals surface area contributed by atoms with Crippen molar-refractivity contribution in [3.05, 3.63) is 23.5 Å². The van der Waals surface area contributed by atoms with Gasteiger partial charge in [0.2, 0.25) is 5.91 Å². The smallest absolute Gasteiger partial charge is 0.243 e. The number of halogens is 1. The van der Waals surface area contributed by atoms with Gasteiger partial charge in [-0.1, -0.05) is 26.8 Å².